The summed E-state index contributed by atoms with van der Waals surface area (Å²) in [5.41, 5.74) is 0.575. The van der Waals surface area contributed by atoms with Gasteiger partial charge in [0.05, 0.1) is 0 Å². The van der Waals surface area contributed by atoms with E-state index in [0.29, 0.717) is 5.41 Å². The summed E-state index contributed by atoms with van der Waals surface area (Å²) in [6.45, 7) is 10.9. The van der Waals surface area contributed by atoms with Crippen molar-refractivity contribution < 1.29 is 0 Å². The summed E-state index contributed by atoms with van der Waals surface area (Å²) in [7, 11) is 0. The number of hydrogen-bond donors (Lipinski definition) is 0. The third-order valence-electron chi connectivity index (χ3n) is 4.35. The second-order valence-corrected chi connectivity index (χ2v) is 6.70. The maximum Gasteiger partial charge on any atom is 0.0327 e. The number of thiophene rings is 1. The Morgan fingerprint density at radius 2 is 2.06 bits per heavy atom. The molecule has 0 atom stereocenters. The fourth-order valence-corrected chi connectivity index (χ4v) is 3.17. The molecule has 1 aliphatic rings. The van der Waals surface area contributed by atoms with Gasteiger partial charge in [-0.15, -0.1) is 11.3 Å². The van der Waals surface area contributed by atoms with E-state index in [4.69, 9.17) is 0 Å². The Labute approximate surface area is 103 Å². The topological polar surface area (TPSA) is 3.24 Å². The Kier molecular flexibility index (Phi) is 3.70. The minimum absolute atomic E-state index is 0.575. The standard InChI is InChI=1S/C14H23NS/c1-12(2)14(3)6-8-15(9-7-14)11-13-5-4-10-16-13/h4-5,10,12H,6-9,11H2,1-3H3. The van der Waals surface area contributed by atoms with Crippen molar-refractivity contribution in [2.24, 2.45) is 11.3 Å². The molecule has 0 radical (unpaired) electrons. The van der Waals surface area contributed by atoms with Gasteiger partial charge in [-0.1, -0.05) is 26.8 Å². The van der Waals surface area contributed by atoms with E-state index in [0.717, 1.165) is 12.5 Å². The highest BCUT2D eigenvalue weighted by molar-refractivity contribution is 7.09. The van der Waals surface area contributed by atoms with Gasteiger partial charge in [0.15, 0.2) is 0 Å². The van der Waals surface area contributed by atoms with Crippen molar-refractivity contribution >= 4 is 11.3 Å². The third-order valence-corrected chi connectivity index (χ3v) is 5.21. The van der Waals surface area contributed by atoms with Crippen LogP contribution in [0.25, 0.3) is 0 Å². The van der Waals surface area contributed by atoms with Crippen molar-refractivity contribution in [2.45, 2.75) is 40.2 Å². The second kappa shape index (κ2) is 4.89. The number of rotatable bonds is 3. The fraction of sp³-hybridized carbons (Fsp3) is 0.714. The molecule has 1 aromatic rings. The van der Waals surface area contributed by atoms with Gasteiger partial charge in [-0.25, -0.2) is 0 Å². The molecule has 2 heterocycles. The van der Waals surface area contributed by atoms with Crippen LogP contribution in [-0.2, 0) is 6.54 Å². The maximum absolute atomic E-state index is 2.61. The number of nitrogens with zero attached hydrogens (tertiary/aromatic N) is 1. The van der Waals surface area contributed by atoms with Gasteiger partial charge >= 0.3 is 0 Å². The van der Waals surface area contributed by atoms with E-state index in [1.165, 1.54) is 30.8 Å². The van der Waals surface area contributed by atoms with Crippen LogP contribution in [0.15, 0.2) is 17.5 Å². The Morgan fingerprint density at radius 1 is 1.38 bits per heavy atom. The molecule has 0 spiro atoms. The zero-order valence-corrected chi connectivity index (χ0v) is 11.5. The average Bonchev–Trinajstić information content (AvgIpc) is 2.74. The molecular weight excluding hydrogens is 214 g/mol. The Balaban J connectivity index is 1.86. The van der Waals surface area contributed by atoms with E-state index in [-0.39, 0.29) is 0 Å². The van der Waals surface area contributed by atoms with E-state index in [9.17, 15) is 0 Å². The SMILES string of the molecule is CC(C)C1(C)CCN(Cc2cccs2)CC1. The normalized spacial score (nSPS) is 21.5. The van der Waals surface area contributed by atoms with E-state index >= 15 is 0 Å². The maximum atomic E-state index is 2.61. The summed E-state index contributed by atoms with van der Waals surface area (Å²) < 4.78 is 0. The predicted molar refractivity (Wildman–Crippen MR) is 71.8 cm³/mol. The molecule has 0 amide bonds. The lowest BCUT2D eigenvalue weighted by atomic mass is 9.72. The van der Waals surface area contributed by atoms with Crippen molar-refractivity contribution in [1.29, 1.82) is 0 Å². The van der Waals surface area contributed by atoms with Crippen LogP contribution in [0, 0.1) is 11.3 Å². The Morgan fingerprint density at radius 3 is 2.56 bits per heavy atom. The largest absolute Gasteiger partial charge is 0.298 e. The van der Waals surface area contributed by atoms with E-state index in [1.54, 1.807) is 0 Å². The molecule has 90 valence electrons. The summed E-state index contributed by atoms with van der Waals surface area (Å²) in [4.78, 5) is 4.11. The fourth-order valence-electron chi connectivity index (χ4n) is 2.42. The minimum Gasteiger partial charge on any atom is -0.298 e. The summed E-state index contributed by atoms with van der Waals surface area (Å²) >= 11 is 1.88. The van der Waals surface area contributed by atoms with Gasteiger partial charge in [-0.3, -0.25) is 4.90 Å². The summed E-state index contributed by atoms with van der Waals surface area (Å²) in [6.07, 6.45) is 2.71. The lowest BCUT2D eigenvalue weighted by Crippen LogP contribution is -2.40. The molecule has 1 nitrogen and oxygen atoms in total. The number of hydrogen-bond acceptors (Lipinski definition) is 2. The molecule has 2 rings (SSSR count). The zero-order valence-electron chi connectivity index (χ0n) is 10.7. The Hall–Kier alpha value is -0.340. The van der Waals surface area contributed by atoms with Crippen LogP contribution >= 0.6 is 11.3 Å². The van der Waals surface area contributed by atoms with Gasteiger partial charge in [0, 0.05) is 11.4 Å². The molecule has 0 aliphatic carbocycles. The van der Waals surface area contributed by atoms with Gasteiger partial charge in [0.2, 0.25) is 0 Å². The van der Waals surface area contributed by atoms with Crippen LogP contribution in [0.5, 0.6) is 0 Å². The van der Waals surface area contributed by atoms with Crippen LogP contribution in [0.3, 0.4) is 0 Å². The number of piperidine rings is 1. The monoisotopic (exact) mass is 237 g/mol. The summed E-state index contributed by atoms with van der Waals surface area (Å²) in [6, 6.07) is 4.41. The highest BCUT2D eigenvalue weighted by Gasteiger charge is 2.32. The van der Waals surface area contributed by atoms with Crippen molar-refractivity contribution in [2.75, 3.05) is 13.1 Å². The first-order chi connectivity index (χ1) is 7.60. The molecule has 0 aromatic carbocycles. The molecule has 16 heavy (non-hydrogen) atoms. The van der Waals surface area contributed by atoms with Crippen molar-refractivity contribution in [3.05, 3.63) is 22.4 Å². The first-order valence-corrected chi connectivity index (χ1v) is 7.23. The second-order valence-electron chi connectivity index (χ2n) is 5.66. The average molecular weight is 237 g/mol. The lowest BCUT2D eigenvalue weighted by Gasteiger charge is -2.42. The molecule has 1 fully saturated rings. The highest BCUT2D eigenvalue weighted by Crippen LogP contribution is 2.38. The summed E-state index contributed by atoms with van der Waals surface area (Å²) in [5, 5.41) is 2.18. The summed E-state index contributed by atoms with van der Waals surface area (Å²) in [5.74, 6) is 0.816. The van der Waals surface area contributed by atoms with Gasteiger partial charge in [-0.05, 0) is 48.7 Å². The quantitative estimate of drug-likeness (QED) is 0.768. The van der Waals surface area contributed by atoms with Crippen molar-refractivity contribution in [3.8, 4) is 0 Å². The van der Waals surface area contributed by atoms with Crippen LogP contribution in [-0.4, -0.2) is 18.0 Å². The molecule has 0 bridgehead atoms. The van der Waals surface area contributed by atoms with Crippen LogP contribution in [0.1, 0.15) is 38.5 Å². The number of likely N-dealkylation sites (tertiary alicyclic amines) is 1. The smallest absolute Gasteiger partial charge is 0.0327 e. The molecule has 0 unspecified atom stereocenters. The van der Waals surface area contributed by atoms with Crippen LogP contribution in [0.2, 0.25) is 0 Å². The van der Waals surface area contributed by atoms with Gasteiger partial charge < -0.3 is 0 Å². The third kappa shape index (κ3) is 2.67. The molecule has 1 aliphatic heterocycles. The van der Waals surface area contributed by atoms with Crippen LogP contribution < -0.4 is 0 Å². The highest BCUT2D eigenvalue weighted by atomic mass is 32.1. The molecule has 2 heteroatoms. The van der Waals surface area contributed by atoms with Crippen molar-refractivity contribution in [1.82, 2.24) is 4.90 Å². The van der Waals surface area contributed by atoms with Crippen LogP contribution in [0.4, 0.5) is 0 Å². The van der Waals surface area contributed by atoms with Gasteiger partial charge in [0.25, 0.3) is 0 Å². The molecule has 0 N–H and O–H groups in total. The van der Waals surface area contributed by atoms with Crippen molar-refractivity contribution in [3.63, 3.8) is 0 Å². The minimum atomic E-state index is 0.575. The van der Waals surface area contributed by atoms with Gasteiger partial charge in [-0.2, -0.15) is 0 Å². The van der Waals surface area contributed by atoms with E-state index < -0.39 is 0 Å². The first-order valence-electron chi connectivity index (χ1n) is 6.35. The zero-order chi connectivity index (χ0) is 11.6. The van der Waals surface area contributed by atoms with E-state index in [2.05, 4.69) is 43.2 Å². The molecule has 0 saturated carbocycles. The molecule has 1 saturated heterocycles. The predicted octanol–water partition coefficient (Wildman–Crippen LogP) is 4.01. The first kappa shape index (κ1) is 12.1. The Bertz CT molecular complexity index is 307. The molecular formula is C14H23NS. The van der Waals surface area contributed by atoms with Gasteiger partial charge in [0.1, 0.15) is 0 Å². The lowest BCUT2D eigenvalue weighted by molar-refractivity contribution is 0.0748. The molecule has 1 aromatic heterocycles. The van der Waals surface area contributed by atoms with E-state index in [1.807, 2.05) is 11.3 Å².